The average molecular weight is 547 g/mol. The Kier molecular flexibility index (Phi) is 7.88. The standard InChI is InChI=1S/C40H38N2/c1-27(2)31-21-13-22-32(28(3)4)40(31)42-26-38-39(36-23-12-17-30-16-8-9-19-34(30)36)37(24-25-41-38)35-20-11-10-18-33(35)29-14-6-5-7-15-29/h5-25,27-28,42H,26H2,1-4H3. The molecule has 0 saturated carbocycles. The molecule has 0 unspecified atom stereocenters. The van der Waals surface area contributed by atoms with Gasteiger partial charge in [-0.05, 0) is 67.6 Å². The fourth-order valence-electron chi connectivity index (χ4n) is 6.12. The van der Waals surface area contributed by atoms with E-state index >= 15 is 0 Å². The second kappa shape index (κ2) is 12.0. The molecule has 1 heterocycles. The lowest BCUT2D eigenvalue weighted by atomic mass is 9.87. The predicted molar refractivity (Wildman–Crippen MR) is 180 cm³/mol. The van der Waals surface area contributed by atoms with Crippen LogP contribution < -0.4 is 5.32 Å². The Balaban J connectivity index is 1.57. The van der Waals surface area contributed by atoms with E-state index in [4.69, 9.17) is 4.98 Å². The highest BCUT2D eigenvalue weighted by Gasteiger charge is 2.20. The van der Waals surface area contributed by atoms with Crippen LogP contribution in [-0.2, 0) is 6.54 Å². The second-order valence-electron chi connectivity index (χ2n) is 11.6. The zero-order valence-electron chi connectivity index (χ0n) is 24.9. The van der Waals surface area contributed by atoms with Gasteiger partial charge in [0.15, 0.2) is 0 Å². The molecule has 1 N–H and O–H groups in total. The summed E-state index contributed by atoms with van der Waals surface area (Å²) in [6.45, 7) is 9.71. The molecule has 2 heteroatoms. The van der Waals surface area contributed by atoms with Gasteiger partial charge in [0.2, 0.25) is 0 Å². The molecule has 5 aromatic carbocycles. The topological polar surface area (TPSA) is 24.9 Å². The maximum Gasteiger partial charge on any atom is 0.0679 e. The van der Waals surface area contributed by atoms with E-state index in [9.17, 15) is 0 Å². The molecule has 2 nitrogen and oxygen atoms in total. The number of hydrogen-bond donors (Lipinski definition) is 1. The van der Waals surface area contributed by atoms with Crippen molar-refractivity contribution in [3.63, 3.8) is 0 Å². The molecule has 0 aliphatic carbocycles. The maximum atomic E-state index is 5.05. The minimum atomic E-state index is 0.417. The largest absolute Gasteiger partial charge is 0.379 e. The van der Waals surface area contributed by atoms with Gasteiger partial charge in [-0.25, -0.2) is 0 Å². The number of nitrogens with one attached hydrogen (secondary N) is 1. The van der Waals surface area contributed by atoms with Gasteiger partial charge in [-0.15, -0.1) is 0 Å². The number of aromatic nitrogens is 1. The Morgan fingerprint density at radius 3 is 1.88 bits per heavy atom. The summed E-state index contributed by atoms with van der Waals surface area (Å²) in [5.41, 5.74) is 12.2. The highest BCUT2D eigenvalue weighted by molar-refractivity contribution is 6.02. The van der Waals surface area contributed by atoms with Crippen molar-refractivity contribution in [2.45, 2.75) is 46.1 Å². The number of pyridine rings is 1. The quantitative estimate of drug-likeness (QED) is 0.205. The minimum Gasteiger partial charge on any atom is -0.379 e. The Hall–Kier alpha value is -4.69. The number of fused-ring (bicyclic) bond motifs is 1. The Morgan fingerprint density at radius 1 is 0.548 bits per heavy atom. The molecule has 0 radical (unpaired) electrons. The second-order valence-corrected chi connectivity index (χ2v) is 11.6. The fourth-order valence-corrected chi connectivity index (χ4v) is 6.12. The van der Waals surface area contributed by atoms with Gasteiger partial charge in [0.25, 0.3) is 0 Å². The van der Waals surface area contributed by atoms with E-state index in [2.05, 4.69) is 154 Å². The molecule has 6 rings (SSSR count). The third-order valence-corrected chi connectivity index (χ3v) is 8.20. The molecule has 0 saturated heterocycles. The molecule has 1 aromatic heterocycles. The van der Waals surface area contributed by atoms with Crippen LogP contribution in [0.15, 0.2) is 128 Å². The van der Waals surface area contributed by atoms with E-state index in [0.29, 0.717) is 18.4 Å². The number of anilines is 1. The van der Waals surface area contributed by atoms with Crippen LogP contribution in [0.25, 0.3) is 44.2 Å². The molecule has 0 fully saturated rings. The number of hydrogen-bond acceptors (Lipinski definition) is 2. The zero-order valence-corrected chi connectivity index (χ0v) is 24.9. The third kappa shape index (κ3) is 5.33. The van der Waals surface area contributed by atoms with Gasteiger partial charge in [-0.2, -0.15) is 0 Å². The third-order valence-electron chi connectivity index (χ3n) is 8.20. The lowest BCUT2D eigenvalue weighted by Crippen LogP contribution is -2.10. The molecular weight excluding hydrogens is 508 g/mol. The van der Waals surface area contributed by atoms with E-state index in [1.807, 2.05) is 6.20 Å². The first kappa shape index (κ1) is 27.5. The summed E-state index contributed by atoms with van der Waals surface area (Å²) in [6.07, 6.45) is 1.97. The van der Waals surface area contributed by atoms with Crippen molar-refractivity contribution in [2.75, 3.05) is 5.32 Å². The first-order valence-corrected chi connectivity index (χ1v) is 15.0. The van der Waals surface area contributed by atoms with Gasteiger partial charge in [0, 0.05) is 17.4 Å². The Labute approximate surface area is 250 Å². The van der Waals surface area contributed by atoms with Gasteiger partial charge in [-0.1, -0.05) is 143 Å². The Bertz CT molecular complexity index is 1800. The highest BCUT2D eigenvalue weighted by atomic mass is 14.9. The van der Waals surface area contributed by atoms with Gasteiger partial charge in [0.1, 0.15) is 0 Å². The molecule has 42 heavy (non-hydrogen) atoms. The van der Waals surface area contributed by atoms with Crippen LogP contribution in [0, 0.1) is 0 Å². The monoisotopic (exact) mass is 546 g/mol. The van der Waals surface area contributed by atoms with E-state index in [1.165, 1.54) is 61.0 Å². The molecule has 0 atom stereocenters. The van der Waals surface area contributed by atoms with Crippen LogP contribution in [-0.4, -0.2) is 4.98 Å². The van der Waals surface area contributed by atoms with E-state index in [1.54, 1.807) is 0 Å². The van der Waals surface area contributed by atoms with Crippen LogP contribution in [0.2, 0.25) is 0 Å². The van der Waals surface area contributed by atoms with Crippen LogP contribution in [0.3, 0.4) is 0 Å². The van der Waals surface area contributed by atoms with Crippen LogP contribution in [0.5, 0.6) is 0 Å². The molecule has 208 valence electrons. The van der Waals surface area contributed by atoms with Crippen molar-refractivity contribution in [3.8, 4) is 33.4 Å². The first-order valence-electron chi connectivity index (χ1n) is 15.0. The predicted octanol–water partition coefficient (Wildman–Crippen LogP) is 11.1. The smallest absolute Gasteiger partial charge is 0.0679 e. The summed E-state index contributed by atoms with van der Waals surface area (Å²) in [5, 5.41) is 6.34. The van der Waals surface area contributed by atoms with Crippen LogP contribution in [0.1, 0.15) is 56.4 Å². The summed E-state index contributed by atoms with van der Waals surface area (Å²) < 4.78 is 0. The molecular formula is C40H38N2. The highest BCUT2D eigenvalue weighted by Crippen LogP contribution is 2.42. The first-order chi connectivity index (χ1) is 20.5. The molecule has 0 spiro atoms. The minimum absolute atomic E-state index is 0.417. The van der Waals surface area contributed by atoms with Crippen molar-refractivity contribution in [3.05, 3.63) is 144 Å². The fraction of sp³-hybridized carbons (Fsp3) is 0.175. The maximum absolute atomic E-state index is 5.05. The zero-order chi connectivity index (χ0) is 29.1. The number of benzene rings is 5. The van der Waals surface area contributed by atoms with Gasteiger partial charge < -0.3 is 5.32 Å². The molecule has 0 aliphatic heterocycles. The van der Waals surface area contributed by atoms with E-state index in [-0.39, 0.29) is 0 Å². The Morgan fingerprint density at radius 2 is 1.14 bits per heavy atom. The van der Waals surface area contributed by atoms with Crippen molar-refractivity contribution >= 4 is 16.5 Å². The average Bonchev–Trinajstić information content (AvgIpc) is 3.03. The molecule has 0 bridgehead atoms. The molecule has 0 aliphatic rings. The number of nitrogens with zero attached hydrogens (tertiary/aromatic N) is 1. The van der Waals surface area contributed by atoms with Crippen molar-refractivity contribution in [1.82, 2.24) is 4.98 Å². The lowest BCUT2D eigenvalue weighted by molar-refractivity contribution is 0.831. The molecule has 0 amide bonds. The van der Waals surface area contributed by atoms with E-state index < -0.39 is 0 Å². The van der Waals surface area contributed by atoms with Crippen LogP contribution >= 0.6 is 0 Å². The summed E-state index contributed by atoms with van der Waals surface area (Å²) in [6, 6.07) is 43.6. The van der Waals surface area contributed by atoms with Crippen molar-refractivity contribution in [2.24, 2.45) is 0 Å². The van der Waals surface area contributed by atoms with Gasteiger partial charge >= 0.3 is 0 Å². The van der Waals surface area contributed by atoms with Gasteiger partial charge in [-0.3, -0.25) is 4.98 Å². The molecule has 6 aromatic rings. The summed E-state index contributed by atoms with van der Waals surface area (Å²) in [7, 11) is 0. The summed E-state index contributed by atoms with van der Waals surface area (Å²) >= 11 is 0. The normalized spacial score (nSPS) is 11.4. The number of para-hydroxylation sites is 1. The lowest BCUT2D eigenvalue weighted by Gasteiger charge is -2.23. The summed E-state index contributed by atoms with van der Waals surface area (Å²) in [4.78, 5) is 5.05. The SMILES string of the molecule is CC(C)c1cccc(C(C)C)c1NCc1nccc(-c2ccccc2-c2ccccc2)c1-c1cccc2ccccc12. The van der Waals surface area contributed by atoms with Crippen molar-refractivity contribution < 1.29 is 0 Å². The van der Waals surface area contributed by atoms with Gasteiger partial charge in [0.05, 0.1) is 12.2 Å². The number of rotatable bonds is 8. The summed E-state index contributed by atoms with van der Waals surface area (Å²) in [5.74, 6) is 0.835. The van der Waals surface area contributed by atoms with Crippen LogP contribution in [0.4, 0.5) is 5.69 Å². The van der Waals surface area contributed by atoms with Crippen molar-refractivity contribution in [1.29, 1.82) is 0 Å². The van der Waals surface area contributed by atoms with E-state index in [0.717, 1.165) is 5.69 Å².